The molecule has 0 aromatic rings. The number of ether oxygens (including phenoxy) is 1. The first kappa shape index (κ1) is 9.86. The summed E-state index contributed by atoms with van der Waals surface area (Å²) >= 11 is 1.72. The fourth-order valence-corrected chi connectivity index (χ4v) is 2.22. The molecule has 2 atom stereocenters. The standard InChI is InChI=1S/C8H14O3S/c1-5(8(9)10)6(2)12-7-3-11-4-7/h5-7H,3-4H2,1-2H3,(H,9,10). The maximum absolute atomic E-state index is 10.6. The van der Waals surface area contributed by atoms with Crippen molar-refractivity contribution >= 4 is 17.7 Å². The Morgan fingerprint density at radius 1 is 1.58 bits per heavy atom. The normalized spacial score (nSPS) is 22.8. The highest BCUT2D eigenvalue weighted by molar-refractivity contribution is 8.00. The van der Waals surface area contributed by atoms with Gasteiger partial charge in [0.25, 0.3) is 0 Å². The lowest BCUT2D eigenvalue weighted by atomic mass is 10.1. The number of carboxylic acids is 1. The molecular weight excluding hydrogens is 176 g/mol. The van der Waals surface area contributed by atoms with Gasteiger partial charge in [0, 0.05) is 5.25 Å². The summed E-state index contributed by atoms with van der Waals surface area (Å²) in [5, 5.41) is 9.40. The molecule has 0 aromatic carbocycles. The highest BCUT2D eigenvalue weighted by atomic mass is 32.2. The molecule has 0 amide bonds. The van der Waals surface area contributed by atoms with Crippen molar-refractivity contribution in [3.05, 3.63) is 0 Å². The molecule has 1 rings (SSSR count). The van der Waals surface area contributed by atoms with Crippen LogP contribution < -0.4 is 0 Å². The van der Waals surface area contributed by atoms with E-state index in [0.29, 0.717) is 5.25 Å². The number of thioether (sulfide) groups is 1. The lowest BCUT2D eigenvalue weighted by molar-refractivity contribution is -0.140. The van der Waals surface area contributed by atoms with Crippen molar-refractivity contribution in [3.63, 3.8) is 0 Å². The molecule has 1 fully saturated rings. The molecule has 1 N–H and O–H groups in total. The molecule has 1 heterocycles. The van der Waals surface area contributed by atoms with E-state index in [4.69, 9.17) is 9.84 Å². The van der Waals surface area contributed by atoms with Crippen LogP contribution in [-0.4, -0.2) is 34.8 Å². The minimum absolute atomic E-state index is 0.177. The van der Waals surface area contributed by atoms with Crippen LogP contribution in [-0.2, 0) is 9.53 Å². The van der Waals surface area contributed by atoms with Gasteiger partial charge in [-0.3, -0.25) is 4.79 Å². The molecule has 2 unspecified atom stereocenters. The molecule has 0 aromatic heterocycles. The zero-order valence-electron chi connectivity index (χ0n) is 7.32. The summed E-state index contributed by atoms with van der Waals surface area (Å²) < 4.78 is 5.01. The van der Waals surface area contributed by atoms with Crippen LogP contribution in [0.3, 0.4) is 0 Å². The Kier molecular flexibility index (Phi) is 3.40. The summed E-state index contributed by atoms with van der Waals surface area (Å²) in [6.45, 7) is 5.27. The van der Waals surface area contributed by atoms with E-state index in [1.54, 1.807) is 18.7 Å². The van der Waals surface area contributed by atoms with Gasteiger partial charge in [-0.1, -0.05) is 13.8 Å². The predicted molar refractivity (Wildman–Crippen MR) is 48.5 cm³/mol. The van der Waals surface area contributed by atoms with Gasteiger partial charge in [0.05, 0.1) is 24.4 Å². The van der Waals surface area contributed by atoms with Crippen LogP contribution >= 0.6 is 11.8 Å². The molecule has 0 radical (unpaired) electrons. The molecule has 0 saturated carbocycles. The second-order valence-corrected chi connectivity index (χ2v) is 4.81. The number of rotatable bonds is 4. The van der Waals surface area contributed by atoms with E-state index in [0.717, 1.165) is 13.2 Å². The Morgan fingerprint density at radius 3 is 2.50 bits per heavy atom. The summed E-state index contributed by atoms with van der Waals surface area (Å²) in [4.78, 5) is 10.6. The molecule has 70 valence electrons. The summed E-state index contributed by atoms with van der Waals surface area (Å²) in [6.07, 6.45) is 0. The number of carboxylic acid groups (broad SMARTS) is 1. The van der Waals surface area contributed by atoms with Gasteiger partial charge in [-0.15, -0.1) is 11.8 Å². The largest absolute Gasteiger partial charge is 0.481 e. The minimum atomic E-state index is -0.713. The second kappa shape index (κ2) is 4.14. The fraction of sp³-hybridized carbons (Fsp3) is 0.875. The predicted octanol–water partition coefficient (Wildman–Crippen LogP) is 1.23. The monoisotopic (exact) mass is 190 g/mol. The third-order valence-corrected chi connectivity index (χ3v) is 3.60. The van der Waals surface area contributed by atoms with Crippen molar-refractivity contribution in [2.75, 3.05) is 13.2 Å². The van der Waals surface area contributed by atoms with E-state index < -0.39 is 5.97 Å². The molecule has 0 bridgehead atoms. The van der Waals surface area contributed by atoms with E-state index in [1.807, 2.05) is 6.92 Å². The molecule has 12 heavy (non-hydrogen) atoms. The highest BCUT2D eigenvalue weighted by Crippen LogP contribution is 2.28. The van der Waals surface area contributed by atoms with Crippen LogP contribution in [0.4, 0.5) is 0 Å². The van der Waals surface area contributed by atoms with Crippen molar-refractivity contribution in [2.45, 2.75) is 24.3 Å². The SMILES string of the molecule is CC(SC1COC1)C(C)C(=O)O. The van der Waals surface area contributed by atoms with Gasteiger partial charge in [-0.2, -0.15) is 0 Å². The van der Waals surface area contributed by atoms with E-state index in [-0.39, 0.29) is 11.2 Å². The minimum Gasteiger partial charge on any atom is -0.481 e. The first-order valence-corrected chi connectivity index (χ1v) is 5.01. The zero-order chi connectivity index (χ0) is 9.14. The van der Waals surface area contributed by atoms with Crippen LogP contribution in [0.1, 0.15) is 13.8 Å². The van der Waals surface area contributed by atoms with E-state index >= 15 is 0 Å². The van der Waals surface area contributed by atoms with E-state index in [1.165, 1.54) is 0 Å². The lowest BCUT2D eigenvalue weighted by Crippen LogP contribution is -2.34. The van der Waals surface area contributed by atoms with E-state index in [2.05, 4.69) is 0 Å². The van der Waals surface area contributed by atoms with Gasteiger partial charge < -0.3 is 9.84 Å². The van der Waals surface area contributed by atoms with Crippen molar-refractivity contribution in [1.82, 2.24) is 0 Å². The lowest BCUT2D eigenvalue weighted by Gasteiger charge is -2.29. The van der Waals surface area contributed by atoms with Crippen LogP contribution in [0.15, 0.2) is 0 Å². The maximum Gasteiger partial charge on any atom is 0.307 e. The first-order valence-electron chi connectivity index (χ1n) is 4.07. The van der Waals surface area contributed by atoms with Gasteiger partial charge >= 0.3 is 5.97 Å². The van der Waals surface area contributed by atoms with Crippen molar-refractivity contribution in [2.24, 2.45) is 5.92 Å². The number of carbonyl (C=O) groups is 1. The molecule has 3 nitrogen and oxygen atoms in total. The quantitative estimate of drug-likeness (QED) is 0.724. The fourth-order valence-electron chi connectivity index (χ4n) is 0.915. The Labute approximate surface area is 76.5 Å². The number of hydrogen-bond acceptors (Lipinski definition) is 3. The van der Waals surface area contributed by atoms with E-state index in [9.17, 15) is 4.79 Å². The Bertz CT molecular complexity index is 168. The zero-order valence-corrected chi connectivity index (χ0v) is 8.13. The van der Waals surface area contributed by atoms with Crippen LogP contribution in [0.5, 0.6) is 0 Å². The van der Waals surface area contributed by atoms with Gasteiger partial charge in [0.15, 0.2) is 0 Å². The topological polar surface area (TPSA) is 46.5 Å². The smallest absolute Gasteiger partial charge is 0.307 e. The molecular formula is C8H14O3S. The molecule has 1 saturated heterocycles. The summed E-state index contributed by atoms with van der Waals surface area (Å²) in [5.41, 5.74) is 0. The molecule has 0 spiro atoms. The summed E-state index contributed by atoms with van der Waals surface area (Å²) in [6, 6.07) is 0. The van der Waals surface area contributed by atoms with Gasteiger partial charge in [-0.05, 0) is 0 Å². The van der Waals surface area contributed by atoms with Gasteiger partial charge in [-0.25, -0.2) is 0 Å². The Hall–Kier alpha value is -0.220. The van der Waals surface area contributed by atoms with Crippen molar-refractivity contribution < 1.29 is 14.6 Å². The molecule has 1 aliphatic heterocycles. The number of aliphatic carboxylic acids is 1. The molecule has 4 heteroatoms. The molecule has 1 aliphatic rings. The molecule has 0 aliphatic carbocycles. The summed E-state index contributed by atoms with van der Waals surface area (Å²) in [7, 11) is 0. The van der Waals surface area contributed by atoms with Gasteiger partial charge in [0.2, 0.25) is 0 Å². The highest BCUT2D eigenvalue weighted by Gasteiger charge is 2.26. The Balaban J connectivity index is 2.25. The average Bonchev–Trinajstić information content (AvgIpc) is 1.94. The second-order valence-electron chi connectivity index (χ2n) is 3.13. The van der Waals surface area contributed by atoms with Crippen molar-refractivity contribution in [1.29, 1.82) is 0 Å². The van der Waals surface area contributed by atoms with Crippen LogP contribution in [0, 0.1) is 5.92 Å². The van der Waals surface area contributed by atoms with Gasteiger partial charge in [0.1, 0.15) is 0 Å². The average molecular weight is 190 g/mol. The third-order valence-electron chi connectivity index (χ3n) is 2.11. The first-order chi connectivity index (χ1) is 5.61. The maximum atomic E-state index is 10.6. The Morgan fingerprint density at radius 2 is 2.17 bits per heavy atom. The third kappa shape index (κ3) is 2.38. The summed E-state index contributed by atoms with van der Waals surface area (Å²) in [5.74, 6) is -0.981. The van der Waals surface area contributed by atoms with Crippen LogP contribution in [0.25, 0.3) is 0 Å². The van der Waals surface area contributed by atoms with Crippen LogP contribution in [0.2, 0.25) is 0 Å². The number of hydrogen-bond donors (Lipinski definition) is 1. The van der Waals surface area contributed by atoms with Crippen molar-refractivity contribution in [3.8, 4) is 0 Å².